The van der Waals surface area contributed by atoms with Crippen LogP contribution in [-0.4, -0.2) is 60.4 Å². The molecule has 3 atom stereocenters. The Morgan fingerprint density at radius 1 is 1.03 bits per heavy atom. The molecule has 176 valence electrons. The van der Waals surface area contributed by atoms with E-state index in [4.69, 9.17) is 27.9 Å². The van der Waals surface area contributed by atoms with Gasteiger partial charge in [0.15, 0.2) is 6.61 Å². The van der Waals surface area contributed by atoms with Gasteiger partial charge in [-0.2, -0.15) is 0 Å². The lowest BCUT2D eigenvalue weighted by Gasteiger charge is -2.39. The molecule has 4 rings (SSSR count). The van der Waals surface area contributed by atoms with Gasteiger partial charge in [-0.1, -0.05) is 35.3 Å². The molecule has 0 saturated carbocycles. The fraction of sp³-hybridized carbons (Fsp3) is 0.440. The molecule has 2 aromatic rings. The van der Waals surface area contributed by atoms with Gasteiger partial charge in [-0.3, -0.25) is 14.5 Å². The van der Waals surface area contributed by atoms with Crippen molar-refractivity contribution in [1.29, 1.82) is 0 Å². The first-order valence-corrected chi connectivity index (χ1v) is 12.0. The SMILES string of the molecule is CN(C)C(=O)c1cc(Cl)ccc1OCC(=O)N[C@H]1C[C@H]2CC[C@@H](C1)N2Cc1ccc(Cl)cc1. The number of amides is 2. The molecule has 2 heterocycles. The first-order chi connectivity index (χ1) is 15.8. The molecule has 1 N–H and O–H groups in total. The molecular formula is C25H29Cl2N3O3. The maximum absolute atomic E-state index is 12.6. The number of rotatable bonds is 7. The molecule has 2 aliphatic rings. The summed E-state index contributed by atoms with van der Waals surface area (Å²) in [5.74, 6) is -0.0487. The van der Waals surface area contributed by atoms with Crippen LogP contribution in [0.15, 0.2) is 42.5 Å². The van der Waals surface area contributed by atoms with Crippen molar-refractivity contribution < 1.29 is 14.3 Å². The molecule has 2 bridgehead atoms. The van der Waals surface area contributed by atoms with Crippen LogP contribution in [0.25, 0.3) is 0 Å². The van der Waals surface area contributed by atoms with Gasteiger partial charge < -0.3 is 15.0 Å². The third-order valence-electron chi connectivity index (χ3n) is 6.46. The van der Waals surface area contributed by atoms with Gasteiger partial charge in [0.1, 0.15) is 5.75 Å². The second kappa shape index (κ2) is 10.3. The van der Waals surface area contributed by atoms with E-state index in [9.17, 15) is 9.59 Å². The summed E-state index contributed by atoms with van der Waals surface area (Å²) < 4.78 is 5.71. The predicted molar refractivity (Wildman–Crippen MR) is 130 cm³/mol. The highest BCUT2D eigenvalue weighted by Crippen LogP contribution is 2.37. The number of carbonyl (C=O) groups excluding carboxylic acids is 2. The Bertz CT molecular complexity index is 998. The largest absolute Gasteiger partial charge is 0.483 e. The van der Waals surface area contributed by atoms with Crippen LogP contribution in [0.5, 0.6) is 5.75 Å². The molecule has 6 nitrogen and oxygen atoms in total. The molecule has 2 fully saturated rings. The van der Waals surface area contributed by atoms with Crippen molar-refractivity contribution >= 4 is 35.0 Å². The van der Waals surface area contributed by atoms with Crippen molar-refractivity contribution in [2.45, 2.75) is 50.4 Å². The fourth-order valence-corrected chi connectivity index (χ4v) is 5.20. The van der Waals surface area contributed by atoms with Crippen molar-refractivity contribution in [3.63, 3.8) is 0 Å². The van der Waals surface area contributed by atoms with E-state index in [-0.39, 0.29) is 24.5 Å². The molecule has 0 aliphatic carbocycles. The van der Waals surface area contributed by atoms with E-state index in [1.165, 1.54) is 10.5 Å². The van der Waals surface area contributed by atoms with Crippen LogP contribution in [-0.2, 0) is 11.3 Å². The summed E-state index contributed by atoms with van der Waals surface area (Å²) in [7, 11) is 3.32. The van der Waals surface area contributed by atoms with Crippen LogP contribution in [0.1, 0.15) is 41.6 Å². The minimum absolute atomic E-state index is 0.133. The summed E-state index contributed by atoms with van der Waals surface area (Å²) in [5.41, 5.74) is 1.60. The second-order valence-electron chi connectivity index (χ2n) is 9.05. The first kappa shape index (κ1) is 23.9. The average Bonchev–Trinajstić information content (AvgIpc) is 3.01. The van der Waals surface area contributed by atoms with Crippen molar-refractivity contribution in [2.24, 2.45) is 0 Å². The number of ether oxygens (including phenoxy) is 1. The van der Waals surface area contributed by atoms with Crippen LogP contribution in [0.2, 0.25) is 10.0 Å². The zero-order valence-corrected chi connectivity index (χ0v) is 20.4. The summed E-state index contributed by atoms with van der Waals surface area (Å²) in [6, 6.07) is 13.9. The lowest BCUT2D eigenvalue weighted by atomic mass is 9.96. The third kappa shape index (κ3) is 5.81. The highest BCUT2D eigenvalue weighted by Gasteiger charge is 2.40. The highest BCUT2D eigenvalue weighted by atomic mass is 35.5. The van der Waals surface area contributed by atoms with Gasteiger partial charge in [0, 0.05) is 48.8 Å². The van der Waals surface area contributed by atoms with Gasteiger partial charge in [-0.15, -0.1) is 0 Å². The fourth-order valence-electron chi connectivity index (χ4n) is 4.90. The number of hydrogen-bond acceptors (Lipinski definition) is 4. The predicted octanol–water partition coefficient (Wildman–Crippen LogP) is 4.39. The highest BCUT2D eigenvalue weighted by molar-refractivity contribution is 6.31. The van der Waals surface area contributed by atoms with E-state index >= 15 is 0 Å². The maximum atomic E-state index is 12.6. The van der Waals surface area contributed by atoms with Gasteiger partial charge in [-0.05, 0) is 61.6 Å². The molecule has 2 amide bonds. The van der Waals surface area contributed by atoms with Gasteiger partial charge >= 0.3 is 0 Å². The van der Waals surface area contributed by atoms with Gasteiger partial charge in [-0.25, -0.2) is 0 Å². The summed E-state index contributed by atoms with van der Waals surface area (Å²) >= 11 is 12.1. The molecule has 0 radical (unpaired) electrons. The van der Waals surface area contributed by atoms with Crippen molar-refractivity contribution in [2.75, 3.05) is 20.7 Å². The zero-order valence-electron chi connectivity index (χ0n) is 18.9. The van der Waals surface area contributed by atoms with Crippen molar-refractivity contribution in [3.05, 3.63) is 63.6 Å². The minimum Gasteiger partial charge on any atom is -0.483 e. The van der Waals surface area contributed by atoms with E-state index < -0.39 is 0 Å². The molecule has 0 aromatic heterocycles. The van der Waals surface area contributed by atoms with E-state index in [0.717, 1.165) is 37.3 Å². The Balaban J connectivity index is 1.31. The monoisotopic (exact) mass is 489 g/mol. The Labute approximate surface area is 204 Å². The quantitative estimate of drug-likeness (QED) is 0.626. The summed E-state index contributed by atoms with van der Waals surface area (Å²) in [6.45, 7) is 0.769. The smallest absolute Gasteiger partial charge is 0.258 e. The first-order valence-electron chi connectivity index (χ1n) is 11.2. The Morgan fingerprint density at radius 2 is 1.67 bits per heavy atom. The Kier molecular flexibility index (Phi) is 7.47. The summed E-state index contributed by atoms with van der Waals surface area (Å²) in [5, 5.41) is 4.33. The second-order valence-corrected chi connectivity index (χ2v) is 9.92. The van der Waals surface area contributed by atoms with Gasteiger partial charge in [0.2, 0.25) is 0 Å². The normalized spacial score (nSPS) is 22.1. The van der Waals surface area contributed by atoms with Crippen molar-refractivity contribution in [1.82, 2.24) is 15.1 Å². The number of halogens is 2. The average molecular weight is 490 g/mol. The number of fused-ring (bicyclic) bond motifs is 2. The number of carbonyl (C=O) groups is 2. The van der Waals surface area contributed by atoms with Crippen LogP contribution >= 0.6 is 23.2 Å². The number of nitrogens with one attached hydrogen (secondary N) is 1. The number of piperidine rings is 1. The van der Waals surface area contributed by atoms with Gasteiger partial charge in [0.25, 0.3) is 11.8 Å². The molecular weight excluding hydrogens is 461 g/mol. The summed E-state index contributed by atoms with van der Waals surface area (Å²) in [6.07, 6.45) is 4.17. The lowest BCUT2D eigenvalue weighted by Crippen LogP contribution is -2.50. The Morgan fingerprint density at radius 3 is 2.30 bits per heavy atom. The molecule has 8 heteroatoms. The van der Waals surface area contributed by atoms with Crippen LogP contribution in [0.4, 0.5) is 0 Å². The maximum Gasteiger partial charge on any atom is 0.258 e. The third-order valence-corrected chi connectivity index (χ3v) is 6.95. The number of benzene rings is 2. The zero-order chi connectivity index (χ0) is 23.5. The molecule has 0 spiro atoms. The summed E-state index contributed by atoms with van der Waals surface area (Å²) in [4.78, 5) is 29.0. The van der Waals surface area contributed by atoms with Gasteiger partial charge in [0.05, 0.1) is 5.56 Å². The topological polar surface area (TPSA) is 61.9 Å². The van der Waals surface area contributed by atoms with E-state index in [0.29, 0.717) is 28.4 Å². The molecule has 2 saturated heterocycles. The van der Waals surface area contributed by atoms with E-state index in [1.54, 1.807) is 32.3 Å². The van der Waals surface area contributed by atoms with Crippen molar-refractivity contribution in [3.8, 4) is 5.75 Å². The minimum atomic E-state index is -0.224. The molecule has 0 unspecified atom stereocenters. The molecule has 33 heavy (non-hydrogen) atoms. The number of hydrogen-bond donors (Lipinski definition) is 1. The van der Waals surface area contributed by atoms with Crippen LogP contribution in [0.3, 0.4) is 0 Å². The molecule has 2 aliphatic heterocycles. The Hall–Kier alpha value is -2.28. The van der Waals surface area contributed by atoms with Crippen LogP contribution < -0.4 is 10.1 Å². The molecule has 2 aromatic carbocycles. The standard InChI is InChI=1S/C25H29Cl2N3O3/c1-29(2)25(32)22-11-18(27)7-10-23(22)33-15-24(31)28-19-12-20-8-9-21(13-19)30(20)14-16-3-5-17(26)6-4-16/h3-7,10-11,19-21H,8-9,12-15H2,1-2H3,(H,28,31)/t19-,20+,21-. The van der Waals surface area contributed by atoms with Crippen LogP contribution in [0, 0.1) is 0 Å². The number of nitrogens with zero attached hydrogens (tertiary/aromatic N) is 2. The van der Waals surface area contributed by atoms with E-state index in [1.807, 2.05) is 12.1 Å². The van der Waals surface area contributed by atoms with E-state index in [2.05, 4.69) is 22.3 Å². The lowest BCUT2D eigenvalue weighted by molar-refractivity contribution is -0.124.